The number of nitrogens with one attached hydrogen (secondary N) is 1. The Balaban J connectivity index is 1.80. The lowest BCUT2D eigenvalue weighted by atomic mass is 10.1. The molecule has 1 heterocycles. The minimum Gasteiger partial charge on any atom is -0.336 e. The van der Waals surface area contributed by atoms with Crippen LogP contribution in [0.2, 0.25) is 0 Å². The number of halogens is 1. The van der Waals surface area contributed by atoms with E-state index in [0.717, 1.165) is 18.5 Å². The Morgan fingerprint density at radius 1 is 1.21 bits per heavy atom. The van der Waals surface area contributed by atoms with Crippen molar-refractivity contribution in [3.05, 3.63) is 54.4 Å². The van der Waals surface area contributed by atoms with Crippen LogP contribution in [0.4, 0.5) is 4.39 Å². The van der Waals surface area contributed by atoms with Crippen LogP contribution in [0.1, 0.15) is 19.4 Å². The Morgan fingerprint density at radius 2 is 1.95 bits per heavy atom. The molecule has 2 aromatic rings. The van der Waals surface area contributed by atoms with E-state index < -0.39 is 0 Å². The fourth-order valence-corrected chi connectivity index (χ4v) is 2.28. The summed E-state index contributed by atoms with van der Waals surface area (Å²) in [6, 6.07) is 7.42. The molecule has 1 aromatic heterocycles. The average molecular weight is 261 g/mol. The first-order valence-electron chi connectivity index (χ1n) is 6.59. The minimum atomic E-state index is -0.183. The largest absolute Gasteiger partial charge is 0.336 e. The highest BCUT2D eigenvalue weighted by atomic mass is 19.1. The zero-order valence-corrected chi connectivity index (χ0v) is 11.4. The molecule has 1 aromatic carbocycles. The predicted octanol–water partition coefficient (Wildman–Crippen LogP) is 2.63. The monoisotopic (exact) mass is 261 g/mol. The molecule has 0 aliphatic rings. The summed E-state index contributed by atoms with van der Waals surface area (Å²) >= 11 is 0. The van der Waals surface area contributed by atoms with Crippen molar-refractivity contribution in [1.29, 1.82) is 0 Å². The molecule has 19 heavy (non-hydrogen) atoms. The number of aromatic nitrogens is 2. The molecule has 0 bridgehead atoms. The number of hydrogen-bond donors (Lipinski definition) is 1. The van der Waals surface area contributed by atoms with Gasteiger partial charge >= 0.3 is 0 Å². The van der Waals surface area contributed by atoms with Gasteiger partial charge in [-0.3, -0.25) is 0 Å². The average Bonchev–Trinajstić information content (AvgIpc) is 2.84. The van der Waals surface area contributed by atoms with Crippen LogP contribution in [-0.2, 0) is 13.0 Å². The Hall–Kier alpha value is -1.68. The Labute approximate surface area is 113 Å². The molecular formula is C15H20FN3. The van der Waals surface area contributed by atoms with Crippen molar-refractivity contribution in [2.45, 2.75) is 38.9 Å². The third-order valence-corrected chi connectivity index (χ3v) is 3.07. The van der Waals surface area contributed by atoms with E-state index >= 15 is 0 Å². The van der Waals surface area contributed by atoms with E-state index in [1.165, 1.54) is 12.1 Å². The molecule has 2 rings (SSSR count). The van der Waals surface area contributed by atoms with Gasteiger partial charge in [0.25, 0.3) is 0 Å². The van der Waals surface area contributed by atoms with Gasteiger partial charge in [0, 0.05) is 31.0 Å². The van der Waals surface area contributed by atoms with Crippen molar-refractivity contribution >= 4 is 0 Å². The van der Waals surface area contributed by atoms with Crippen molar-refractivity contribution < 1.29 is 4.39 Å². The van der Waals surface area contributed by atoms with Gasteiger partial charge in [0.05, 0.1) is 6.33 Å². The van der Waals surface area contributed by atoms with Crippen LogP contribution < -0.4 is 5.32 Å². The number of benzene rings is 1. The van der Waals surface area contributed by atoms with Crippen molar-refractivity contribution in [2.24, 2.45) is 0 Å². The van der Waals surface area contributed by atoms with Crippen molar-refractivity contribution in [1.82, 2.24) is 14.9 Å². The summed E-state index contributed by atoms with van der Waals surface area (Å²) in [6.07, 6.45) is 6.47. The highest BCUT2D eigenvalue weighted by Gasteiger charge is 2.08. The summed E-state index contributed by atoms with van der Waals surface area (Å²) in [6.45, 7) is 5.20. The first-order chi connectivity index (χ1) is 9.13. The summed E-state index contributed by atoms with van der Waals surface area (Å²) in [5, 5.41) is 3.54. The number of hydrogen-bond acceptors (Lipinski definition) is 2. The van der Waals surface area contributed by atoms with E-state index in [2.05, 4.69) is 28.7 Å². The van der Waals surface area contributed by atoms with Crippen LogP contribution in [0.25, 0.3) is 0 Å². The molecule has 2 unspecified atom stereocenters. The van der Waals surface area contributed by atoms with Gasteiger partial charge in [-0.2, -0.15) is 0 Å². The maximum atomic E-state index is 12.8. The second-order valence-corrected chi connectivity index (χ2v) is 5.06. The molecule has 0 saturated heterocycles. The summed E-state index contributed by atoms with van der Waals surface area (Å²) in [5.41, 5.74) is 1.15. The SMILES string of the molecule is CC(Cc1ccc(F)cc1)NC(C)Cn1ccnc1. The van der Waals surface area contributed by atoms with E-state index in [1.54, 1.807) is 6.20 Å². The highest BCUT2D eigenvalue weighted by Crippen LogP contribution is 2.06. The standard InChI is InChI=1S/C15H20FN3/c1-12(9-14-3-5-15(16)6-4-14)18-13(2)10-19-8-7-17-11-19/h3-8,11-13,18H,9-10H2,1-2H3. The predicted molar refractivity (Wildman–Crippen MR) is 74.4 cm³/mol. The van der Waals surface area contributed by atoms with Crippen LogP contribution in [0.15, 0.2) is 43.0 Å². The molecule has 102 valence electrons. The molecule has 0 saturated carbocycles. The maximum absolute atomic E-state index is 12.8. The minimum absolute atomic E-state index is 0.183. The van der Waals surface area contributed by atoms with Crippen LogP contribution >= 0.6 is 0 Å². The maximum Gasteiger partial charge on any atom is 0.123 e. The molecular weight excluding hydrogens is 241 g/mol. The van der Waals surface area contributed by atoms with Crippen molar-refractivity contribution in [3.8, 4) is 0 Å². The zero-order valence-electron chi connectivity index (χ0n) is 11.4. The van der Waals surface area contributed by atoms with E-state index in [4.69, 9.17) is 0 Å². The number of nitrogens with zero attached hydrogens (tertiary/aromatic N) is 2. The smallest absolute Gasteiger partial charge is 0.123 e. The zero-order chi connectivity index (χ0) is 13.7. The van der Waals surface area contributed by atoms with E-state index in [9.17, 15) is 4.39 Å². The lowest BCUT2D eigenvalue weighted by Gasteiger charge is -2.20. The molecule has 1 N–H and O–H groups in total. The Kier molecular flexibility index (Phi) is 4.68. The highest BCUT2D eigenvalue weighted by molar-refractivity contribution is 5.17. The summed E-state index contributed by atoms with van der Waals surface area (Å²) in [4.78, 5) is 4.03. The van der Waals surface area contributed by atoms with E-state index in [0.29, 0.717) is 12.1 Å². The van der Waals surface area contributed by atoms with Gasteiger partial charge in [0.15, 0.2) is 0 Å². The van der Waals surface area contributed by atoms with Gasteiger partial charge in [-0.1, -0.05) is 12.1 Å². The Bertz CT molecular complexity index is 479. The van der Waals surface area contributed by atoms with Crippen molar-refractivity contribution in [3.63, 3.8) is 0 Å². The summed E-state index contributed by atoms with van der Waals surface area (Å²) < 4.78 is 14.9. The second-order valence-electron chi connectivity index (χ2n) is 5.06. The molecule has 0 aliphatic carbocycles. The molecule has 4 heteroatoms. The van der Waals surface area contributed by atoms with Crippen LogP contribution in [0.5, 0.6) is 0 Å². The third-order valence-electron chi connectivity index (χ3n) is 3.07. The van der Waals surface area contributed by atoms with Gasteiger partial charge in [-0.25, -0.2) is 9.37 Å². The number of rotatable bonds is 6. The Morgan fingerprint density at radius 3 is 2.58 bits per heavy atom. The fourth-order valence-electron chi connectivity index (χ4n) is 2.28. The van der Waals surface area contributed by atoms with Gasteiger partial charge in [-0.05, 0) is 38.0 Å². The molecule has 0 spiro atoms. The lowest BCUT2D eigenvalue weighted by molar-refractivity contribution is 0.421. The third kappa shape index (κ3) is 4.48. The quantitative estimate of drug-likeness (QED) is 0.866. The normalized spacial score (nSPS) is 14.3. The molecule has 0 amide bonds. The molecule has 0 radical (unpaired) electrons. The van der Waals surface area contributed by atoms with Crippen LogP contribution in [0.3, 0.4) is 0 Å². The first-order valence-corrected chi connectivity index (χ1v) is 6.59. The molecule has 0 fully saturated rings. The number of imidazole rings is 1. The van der Waals surface area contributed by atoms with E-state index in [-0.39, 0.29) is 5.82 Å². The van der Waals surface area contributed by atoms with Crippen LogP contribution in [0, 0.1) is 5.82 Å². The van der Waals surface area contributed by atoms with Gasteiger partial charge < -0.3 is 9.88 Å². The first kappa shape index (κ1) is 13.7. The molecule has 0 aliphatic heterocycles. The summed E-state index contributed by atoms with van der Waals surface area (Å²) in [5.74, 6) is -0.183. The second kappa shape index (κ2) is 6.48. The van der Waals surface area contributed by atoms with Gasteiger partial charge in [0.2, 0.25) is 0 Å². The fraction of sp³-hybridized carbons (Fsp3) is 0.400. The van der Waals surface area contributed by atoms with Crippen LogP contribution in [-0.4, -0.2) is 21.6 Å². The van der Waals surface area contributed by atoms with Gasteiger partial charge in [-0.15, -0.1) is 0 Å². The van der Waals surface area contributed by atoms with Crippen molar-refractivity contribution in [2.75, 3.05) is 0 Å². The molecule has 2 atom stereocenters. The van der Waals surface area contributed by atoms with E-state index in [1.807, 2.05) is 24.7 Å². The summed E-state index contributed by atoms with van der Waals surface area (Å²) in [7, 11) is 0. The lowest BCUT2D eigenvalue weighted by Crippen LogP contribution is -2.38. The molecule has 3 nitrogen and oxygen atoms in total. The topological polar surface area (TPSA) is 29.9 Å². The van der Waals surface area contributed by atoms with Gasteiger partial charge in [0.1, 0.15) is 5.82 Å².